The zero-order valence-corrected chi connectivity index (χ0v) is 10.4. The van der Waals surface area contributed by atoms with Crippen molar-refractivity contribution in [1.29, 1.82) is 0 Å². The Kier molecular flexibility index (Phi) is 4.34. The van der Waals surface area contributed by atoms with Crippen LogP contribution in [0.25, 0.3) is 0 Å². The molecule has 0 radical (unpaired) electrons. The third-order valence-corrected chi connectivity index (χ3v) is 3.54. The predicted octanol–water partition coefficient (Wildman–Crippen LogP) is 0.132. The highest BCUT2D eigenvalue weighted by atomic mass is 16.4. The van der Waals surface area contributed by atoms with Gasteiger partial charge in [-0.2, -0.15) is 0 Å². The Morgan fingerprint density at radius 2 is 2.29 bits per heavy atom. The third-order valence-electron chi connectivity index (χ3n) is 3.54. The lowest BCUT2D eigenvalue weighted by atomic mass is 9.84. The molecule has 1 fully saturated rings. The molecule has 1 amide bonds. The number of aliphatic hydroxyl groups is 1. The SMILES string of the molecule is CCC(C)(C(=O)N1CCCC(O)C1)C(N)=NO. The molecule has 0 saturated carbocycles. The number of aliphatic hydroxyl groups excluding tert-OH is 1. The number of amidine groups is 1. The van der Waals surface area contributed by atoms with Gasteiger partial charge < -0.3 is 20.9 Å². The molecule has 98 valence electrons. The maximum Gasteiger partial charge on any atom is 0.236 e. The van der Waals surface area contributed by atoms with Gasteiger partial charge in [-0.05, 0) is 26.2 Å². The van der Waals surface area contributed by atoms with Crippen molar-refractivity contribution in [1.82, 2.24) is 4.90 Å². The highest BCUT2D eigenvalue weighted by Crippen LogP contribution is 2.26. The number of nitrogens with two attached hydrogens (primary N) is 1. The van der Waals surface area contributed by atoms with E-state index in [0.717, 1.165) is 12.8 Å². The second-order valence-electron chi connectivity index (χ2n) is 4.72. The van der Waals surface area contributed by atoms with Gasteiger partial charge in [0, 0.05) is 13.1 Å². The summed E-state index contributed by atoms with van der Waals surface area (Å²) >= 11 is 0. The standard InChI is InChI=1S/C11H21N3O3/c1-3-11(2,9(12)13-17)10(16)14-6-4-5-8(15)7-14/h8,15,17H,3-7H2,1-2H3,(H2,12,13). The van der Waals surface area contributed by atoms with Crippen LogP contribution in [-0.4, -0.2) is 46.1 Å². The molecular weight excluding hydrogens is 222 g/mol. The number of oxime groups is 1. The monoisotopic (exact) mass is 243 g/mol. The average molecular weight is 243 g/mol. The molecule has 6 heteroatoms. The van der Waals surface area contributed by atoms with Crippen molar-refractivity contribution in [3.63, 3.8) is 0 Å². The molecule has 1 aliphatic heterocycles. The third kappa shape index (κ3) is 2.69. The molecule has 1 saturated heterocycles. The lowest BCUT2D eigenvalue weighted by Crippen LogP contribution is -2.53. The molecule has 0 aromatic heterocycles. The molecule has 17 heavy (non-hydrogen) atoms. The van der Waals surface area contributed by atoms with Crippen molar-refractivity contribution in [2.24, 2.45) is 16.3 Å². The van der Waals surface area contributed by atoms with Gasteiger partial charge in [-0.1, -0.05) is 12.1 Å². The average Bonchev–Trinajstić information content (AvgIpc) is 2.35. The normalized spacial score (nSPS) is 25.5. The summed E-state index contributed by atoms with van der Waals surface area (Å²) in [6, 6.07) is 0. The topological polar surface area (TPSA) is 99.2 Å². The molecule has 2 unspecified atom stereocenters. The highest BCUT2D eigenvalue weighted by molar-refractivity contribution is 6.06. The van der Waals surface area contributed by atoms with Crippen LogP contribution < -0.4 is 5.73 Å². The summed E-state index contributed by atoms with van der Waals surface area (Å²) in [5, 5.41) is 21.3. The highest BCUT2D eigenvalue weighted by Gasteiger charge is 2.40. The van der Waals surface area contributed by atoms with Crippen LogP contribution in [0.3, 0.4) is 0 Å². The van der Waals surface area contributed by atoms with Gasteiger partial charge in [0.05, 0.1) is 6.10 Å². The minimum atomic E-state index is -0.994. The molecule has 4 N–H and O–H groups in total. The summed E-state index contributed by atoms with van der Waals surface area (Å²) in [5.41, 5.74) is 4.60. The Bertz CT molecular complexity index is 319. The van der Waals surface area contributed by atoms with E-state index in [2.05, 4.69) is 5.16 Å². The fourth-order valence-corrected chi connectivity index (χ4v) is 2.04. The first-order chi connectivity index (χ1) is 7.95. The lowest BCUT2D eigenvalue weighted by molar-refractivity contribution is -0.141. The fourth-order valence-electron chi connectivity index (χ4n) is 2.04. The van der Waals surface area contributed by atoms with Crippen LogP contribution in [0.1, 0.15) is 33.1 Å². The summed E-state index contributed by atoms with van der Waals surface area (Å²) in [5.74, 6) is -0.265. The number of amides is 1. The molecule has 0 aromatic rings. The van der Waals surface area contributed by atoms with Gasteiger partial charge >= 0.3 is 0 Å². The van der Waals surface area contributed by atoms with Crippen LogP contribution in [0, 0.1) is 5.41 Å². The Labute approximate surface area is 101 Å². The van der Waals surface area contributed by atoms with Crippen molar-refractivity contribution >= 4 is 11.7 Å². The van der Waals surface area contributed by atoms with Gasteiger partial charge in [0.2, 0.25) is 5.91 Å². The van der Waals surface area contributed by atoms with E-state index in [0.29, 0.717) is 19.5 Å². The van der Waals surface area contributed by atoms with E-state index < -0.39 is 11.5 Å². The van der Waals surface area contributed by atoms with E-state index in [1.165, 1.54) is 0 Å². The maximum absolute atomic E-state index is 12.3. The minimum Gasteiger partial charge on any atom is -0.409 e. The van der Waals surface area contributed by atoms with Crippen molar-refractivity contribution in [2.75, 3.05) is 13.1 Å². The smallest absolute Gasteiger partial charge is 0.236 e. The summed E-state index contributed by atoms with van der Waals surface area (Å²) < 4.78 is 0. The summed E-state index contributed by atoms with van der Waals surface area (Å²) in [4.78, 5) is 13.9. The molecule has 2 atom stereocenters. The number of likely N-dealkylation sites (tertiary alicyclic amines) is 1. The fraction of sp³-hybridized carbons (Fsp3) is 0.818. The van der Waals surface area contributed by atoms with Gasteiger partial charge in [-0.3, -0.25) is 4.79 Å². The molecule has 0 spiro atoms. The van der Waals surface area contributed by atoms with E-state index >= 15 is 0 Å². The molecule has 0 bridgehead atoms. The number of carbonyl (C=O) groups excluding carboxylic acids is 1. The Balaban J connectivity index is 2.85. The number of carbonyl (C=O) groups is 1. The molecule has 6 nitrogen and oxygen atoms in total. The van der Waals surface area contributed by atoms with E-state index in [1.807, 2.05) is 6.92 Å². The molecule has 1 rings (SSSR count). The molecule has 1 heterocycles. The summed E-state index contributed by atoms with van der Waals surface area (Å²) in [6.45, 7) is 4.42. The van der Waals surface area contributed by atoms with Crippen LogP contribution in [0.15, 0.2) is 5.16 Å². The van der Waals surface area contributed by atoms with Gasteiger partial charge in [0.25, 0.3) is 0 Å². The van der Waals surface area contributed by atoms with Crippen LogP contribution in [0.2, 0.25) is 0 Å². The van der Waals surface area contributed by atoms with Gasteiger partial charge in [-0.15, -0.1) is 0 Å². The largest absolute Gasteiger partial charge is 0.409 e. The Morgan fingerprint density at radius 3 is 2.76 bits per heavy atom. The molecule has 0 aromatic carbocycles. The molecule has 1 aliphatic rings. The predicted molar refractivity (Wildman–Crippen MR) is 63.6 cm³/mol. The summed E-state index contributed by atoms with van der Waals surface area (Å²) in [7, 11) is 0. The summed E-state index contributed by atoms with van der Waals surface area (Å²) in [6.07, 6.45) is 1.48. The Morgan fingerprint density at radius 1 is 1.65 bits per heavy atom. The number of rotatable bonds is 3. The number of hydrogen-bond acceptors (Lipinski definition) is 4. The first-order valence-electron chi connectivity index (χ1n) is 5.91. The molecule has 0 aliphatic carbocycles. The number of nitrogens with zero attached hydrogens (tertiary/aromatic N) is 2. The van der Waals surface area contributed by atoms with Crippen LogP contribution >= 0.6 is 0 Å². The second-order valence-corrected chi connectivity index (χ2v) is 4.72. The minimum absolute atomic E-state index is 0.0786. The Hall–Kier alpha value is -1.30. The van der Waals surface area contributed by atoms with E-state index in [9.17, 15) is 9.90 Å². The maximum atomic E-state index is 12.3. The van der Waals surface area contributed by atoms with E-state index in [4.69, 9.17) is 10.9 Å². The lowest BCUT2D eigenvalue weighted by Gasteiger charge is -2.36. The van der Waals surface area contributed by atoms with E-state index in [-0.39, 0.29) is 11.7 Å². The van der Waals surface area contributed by atoms with Crippen molar-refractivity contribution in [2.45, 2.75) is 39.2 Å². The zero-order valence-electron chi connectivity index (χ0n) is 10.4. The van der Waals surface area contributed by atoms with Crippen molar-refractivity contribution in [3.8, 4) is 0 Å². The quantitative estimate of drug-likeness (QED) is 0.284. The number of hydrogen-bond donors (Lipinski definition) is 3. The second kappa shape index (κ2) is 5.35. The van der Waals surface area contributed by atoms with Crippen LogP contribution in [-0.2, 0) is 4.79 Å². The molecular formula is C11H21N3O3. The van der Waals surface area contributed by atoms with Crippen LogP contribution in [0.5, 0.6) is 0 Å². The van der Waals surface area contributed by atoms with Gasteiger partial charge in [0.1, 0.15) is 5.41 Å². The first-order valence-corrected chi connectivity index (χ1v) is 5.91. The first kappa shape index (κ1) is 13.8. The van der Waals surface area contributed by atoms with Crippen molar-refractivity contribution < 1.29 is 15.1 Å². The number of piperidine rings is 1. The van der Waals surface area contributed by atoms with Crippen molar-refractivity contribution in [3.05, 3.63) is 0 Å². The van der Waals surface area contributed by atoms with Crippen LogP contribution in [0.4, 0.5) is 0 Å². The number of β-amino-alcohol motifs (C(OH)–C–C–N with tert-alkyl or cyclic N) is 1. The zero-order chi connectivity index (χ0) is 13.1. The van der Waals surface area contributed by atoms with Gasteiger partial charge in [0.15, 0.2) is 5.84 Å². The van der Waals surface area contributed by atoms with Gasteiger partial charge in [-0.25, -0.2) is 0 Å². The van der Waals surface area contributed by atoms with E-state index in [1.54, 1.807) is 11.8 Å².